The Kier molecular flexibility index (Phi) is 5.28. The maximum atomic E-state index is 13.9. The van der Waals surface area contributed by atoms with Crippen LogP contribution in [0.15, 0.2) is 0 Å². The average molecular weight is 252 g/mol. The molecule has 102 valence electrons. The fourth-order valence-corrected chi connectivity index (χ4v) is 1.82. The molecule has 1 aliphatic heterocycles. The van der Waals surface area contributed by atoms with Crippen LogP contribution in [-0.4, -0.2) is 36.1 Å². The van der Waals surface area contributed by atoms with Crippen LogP contribution in [0.25, 0.3) is 0 Å². The lowest BCUT2D eigenvalue weighted by Gasteiger charge is -2.38. The first-order valence-corrected chi connectivity index (χ1v) is 6.17. The van der Waals surface area contributed by atoms with Crippen molar-refractivity contribution >= 4 is 0 Å². The zero-order valence-electron chi connectivity index (χ0n) is 10.5. The highest BCUT2D eigenvalue weighted by Crippen LogP contribution is 2.37. The number of ether oxygens (including phenoxy) is 2. The zero-order chi connectivity index (χ0) is 12.9. The van der Waals surface area contributed by atoms with E-state index in [2.05, 4.69) is 0 Å². The Labute approximate surface area is 101 Å². The van der Waals surface area contributed by atoms with E-state index in [4.69, 9.17) is 14.6 Å². The molecule has 0 saturated carbocycles. The Morgan fingerprint density at radius 3 is 2.59 bits per heavy atom. The van der Waals surface area contributed by atoms with E-state index >= 15 is 0 Å². The van der Waals surface area contributed by atoms with E-state index in [0.717, 1.165) is 12.8 Å². The van der Waals surface area contributed by atoms with Crippen molar-refractivity contribution in [3.63, 3.8) is 0 Å². The first-order chi connectivity index (χ1) is 7.89. The van der Waals surface area contributed by atoms with E-state index in [-0.39, 0.29) is 19.4 Å². The molecule has 0 aromatic heterocycles. The Morgan fingerprint density at radius 2 is 2.06 bits per heavy atom. The molecule has 0 amide bonds. The van der Waals surface area contributed by atoms with Gasteiger partial charge in [0.15, 0.2) is 6.29 Å². The molecule has 0 aromatic rings. The van der Waals surface area contributed by atoms with Crippen LogP contribution in [0.3, 0.4) is 0 Å². The van der Waals surface area contributed by atoms with Crippen LogP contribution in [-0.2, 0) is 9.47 Å². The molecule has 0 aromatic carbocycles. The van der Waals surface area contributed by atoms with E-state index < -0.39 is 17.8 Å². The van der Waals surface area contributed by atoms with E-state index in [1.165, 1.54) is 13.8 Å². The third-order valence-corrected chi connectivity index (χ3v) is 3.09. The van der Waals surface area contributed by atoms with Gasteiger partial charge in [-0.2, -0.15) is 0 Å². The summed E-state index contributed by atoms with van der Waals surface area (Å²) in [7, 11) is 0. The fourth-order valence-electron chi connectivity index (χ4n) is 1.82. The molecule has 3 nitrogen and oxygen atoms in total. The molecule has 1 aliphatic rings. The second-order valence-electron chi connectivity index (χ2n) is 4.96. The molecule has 1 atom stereocenters. The van der Waals surface area contributed by atoms with E-state index in [1.807, 2.05) is 0 Å². The molecule has 1 fully saturated rings. The second-order valence-corrected chi connectivity index (χ2v) is 4.96. The highest BCUT2D eigenvalue weighted by atomic mass is 19.3. The summed E-state index contributed by atoms with van der Waals surface area (Å²) in [6.07, 6.45) is 1.75. The molecule has 5 heteroatoms. The van der Waals surface area contributed by atoms with Crippen molar-refractivity contribution in [2.45, 2.75) is 63.8 Å². The first kappa shape index (κ1) is 14.8. The molecule has 1 N–H and O–H groups in total. The molecule has 1 unspecified atom stereocenters. The molecule has 1 rings (SSSR count). The van der Waals surface area contributed by atoms with Crippen molar-refractivity contribution in [3.8, 4) is 0 Å². The maximum absolute atomic E-state index is 13.9. The molecule has 0 bridgehead atoms. The van der Waals surface area contributed by atoms with Gasteiger partial charge in [-0.05, 0) is 39.5 Å². The number of hydrogen-bond acceptors (Lipinski definition) is 3. The maximum Gasteiger partial charge on any atom is 0.276 e. The number of rotatable bonds is 6. The number of aliphatic hydroxyl groups is 1. The Balaban J connectivity index is 2.52. The van der Waals surface area contributed by atoms with Crippen LogP contribution < -0.4 is 0 Å². The zero-order valence-corrected chi connectivity index (χ0v) is 10.5. The summed E-state index contributed by atoms with van der Waals surface area (Å²) in [5.74, 6) is -2.96. The topological polar surface area (TPSA) is 38.7 Å². The van der Waals surface area contributed by atoms with Crippen molar-refractivity contribution < 1.29 is 23.4 Å². The van der Waals surface area contributed by atoms with E-state index in [0.29, 0.717) is 13.0 Å². The lowest BCUT2D eigenvalue weighted by atomic mass is 9.95. The monoisotopic (exact) mass is 252 g/mol. The molecule has 0 aliphatic carbocycles. The van der Waals surface area contributed by atoms with Crippen LogP contribution in [0.1, 0.15) is 46.0 Å². The van der Waals surface area contributed by atoms with Gasteiger partial charge in [-0.3, -0.25) is 0 Å². The van der Waals surface area contributed by atoms with Gasteiger partial charge in [0.1, 0.15) is 5.60 Å². The van der Waals surface area contributed by atoms with E-state index in [1.54, 1.807) is 0 Å². The molecule has 0 spiro atoms. The van der Waals surface area contributed by atoms with Gasteiger partial charge in [-0.15, -0.1) is 0 Å². The normalized spacial score (nSPS) is 22.8. The third-order valence-electron chi connectivity index (χ3n) is 3.09. The smallest absolute Gasteiger partial charge is 0.276 e. The second kappa shape index (κ2) is 6.07. The number of alkyl halides is 2. The molecule has 0 radical (unpaired) electrons. The Bertz CT molecular complexity index is 226. The summed E-state index contributed by atoms with van der Waals surface area (Å²) in [6, 6.07) is 0. The van der Waals surface area contributed by atoms with Crippen LogP contribution in [0, 0.1) is 0 Å². The largest absolute Gasteiger partial charge is 0.396 e. The molecule has 1 saturated heterocycles. The minimum Gasteiger partial charge on any atom is -0.396 e. The summed E-state index contributed by atoms with van der Waals surface area (Å²) in [4.78, 5) is 0. The van der Waals surface area contributed by atoms with Crippen LogP contribution in [0.4, 0.5) is 8.78 Å². The van der Waals surface area contributed by atoms with E-state index in [9.17, 15) is 8.78 Å². The summed E-state index contributed by atoms with van der Waals surface area (Å²) in [5, 5.41) is 8.62. The van der Waals surface area contributed by atoms with Crippen LogP contribution >= 0.6 is 0 Å². The van der Waals surface area contributed by atoms with Gasteiger partial charge in [-0.1, -0.05) is 0 Å². The molecular weight excluding hydrogens is 230 g/mol. The van der Waals surface area contributed by atoms with Gasteiger partial charge >= 0.3 is 0 Å². The lowest BCUT2D eigenvalue weighted by Crippen LogP contribution is -2.48. The molecular formula is C12H22F2O3. The predicted molar refractivity (Wildman–Crippen MR) is 60.0 cm³/mol. The molecule has 17 heavy (non-hydrogen) atoms. The number of hydrogen-bond donors (Lipinski definition) is 1. The van der Waals surface area contributed by atoms with Crippen molar-refractivity contribution in [2.24, 2.45) is 0 Å². The Hall–Kier alpha value is -0.260. The van der Waals surface area contributed by atoms with Crippen LogP contribution in [0.5, 0.6) is 0 Å². The summed E-state index contributed by atoms with van der Waals surface area (Å²) in [6.45, 7) is 3.10. The summed E-state index contributed by atoms with van der Waals surface area (Å²) < 4.78 is 38.4. The van der Waals surface area contributed by atoms with Gasteiger partial charge in [0.25, 0.3) is 5.92 Å². The average Bonchev–Trinajstić information content (AvgIpc) is 2.27. The number of aliphatic hydroxyl groups excluding tert-OH is 1. The minimum absolute atomic E-state index is 0.0747. The standard InChI is InChI=1S/C12H22F2O3/c1-11(2,12(13,14)7-5-8-15)17-10-6-3-4-9-16-10/h10,15H,3-9H2,1-2H3. The first-order valence-electron chi connectivity index (χ1n) is 6.17. The quantitative estimate of drug-likeness (QED) is 0.790. The minimum atomic E-state index is -2.96. The SMILES string of the molecule is CC(C)(OC1CCCCO1)C(F)(F)CCCO. The number of halogens is 2. The highest BCUT2D eigenvalue weighted by Gasteiger charge is 2.48. The van der Waals surface area contributed by atoms with Gasteiger partial charge in [0.05, 0.1) is 0 Å². The predicted octanol–water partition coefficient (Wildman–Crippen LogP) is 2.72. The van der Waals surface area contributed by atoms with Gasteiger partial charge in [0, 0.05) is 19.6 Å². The van der Waals surface area contributed by atoms with Crippen molar-refractivity contribution in [1.82, 2.24) is 0 Å². The summed E-state index contributed by atoms with van der Waals surface area (Å²) >= 11 is 0. The molecule has 1 heterocycles. The van der Waals surface area contributed by atoms with Crippen molar-refractivity contribution in [1.29, 1.82) is 0 Å². The van der Waals surface area contributed by atoms with Gasteiger partial charge in [0.2, 0.25) is 0 Å². The fraction of sp³-hybridized carbons (Fsp3) is 1.00. The third kappa shape index (κ3) is 4.16. The van der Waals surface area contributed by atoms with Crippen LogP contribution in [0.2, 0.25) is 0 Å². The lowest BCUT2D eigenvalue weighted by molar-refractivity contribution is -0.278. The van der Waals surface area contributed by atoms with Gasteiger partial charge in [-0.25, -0.2) is 8.78 Å². The van der Waals surface area contributed by atoms with Gasteiger partial charge < -0.3 is 14.6 Å². The summed E-state index contributed by atoms with van der Waals surface area (Å²) in [5.41, 5.74) is -1.57. The van der Waals surface area contributed by atoms with Crippen molar-refractivity contribution in [2.75, 3.05) is 13.2 Å². The highest BCUT2D eigenvalue weighted by molar-refractivity contribution is 4.87. The van der Waals surface area contributed by atoms with Crippen molar-refractivity contribution in [3.05, 3.63) is 0 Å². The Morgan fingerprint density at radius 1 is 1.35 bits per heavy atom.